The van der Waals surface area contributed by atoms with Gasteiger partial charge in [0.2, 0.25) is 0 Å². The summed E-state index contributed by atoms with van der Waals surface area (Å²) in [5.74, 6) is 1.07. The zero-order valence-corrected chi connectivity index (χ0v) is 10.7. The summed E-state index contributed by atoms with van der Waals surface area (Å²) in [5.41, 5.74) is 2.02. The van der Waals surface area contributed by atoms with Crippen LogP contribution in [0.25, 0.3) is 0 Å². The molecule has 1 nitrogen and oxygen atoms in total. The summed E-state index contributed by atoms with van der Waals surface area (Å²) in [5, 5.41) is 0.596. The predicted octanol–water partition coefficient (Wildman–Crippen LogP) is 4.66. The van der Waals surface area contributed by atoms with E-state index in [1.165, 1.54) is 0 Å². The third kappa shape index (κ3) is 3.15. The molecule has 3 heteroatoms. The van der Waals surface area contributed by atoms with E-state index in [-0.39, 0.29) is 0 Å². The Kier molecular flexibility index (Phi) is 4.29. The van der Waals surface area contributed by atoms with Gasteiger partial charge in [-0.05, 0) is 11.6 Å². The largest absolute Gasteiger partial charge is 0.487 e. The van der Waals surface area contributed by atoms with Crippen LogP contribution < -0.4 is 4.74 Å². The SMILES string of the molecule is ClCc1cccc(Cl)c1OCc1ccccc1. The van der Waals surface area contributed by atoms with Gasteiger partial charge in [0.1, 0.15) is 12.4 Å². The van der Waals surface area contributed by atoms with E-state index in [4.69, 9.17) is 27.9 Å². The fraction of sp³-hybridized carbons (Fsp3) is 0.143. The van der Waals surface area contributed by atoms with E-state index in [1.807, 2.05) is 42.5 Å². The monoisotopic (exact) mass is 266 g/mol. The van der Waals surface area contributed by atoms with Crippen LogP contribution in [0.5, 0.6) is 5.75 Å². The molecule has 2 aromatic carbocycles. The highest BCUT2D eigenvalue weighted by Crippen LogP contribution is 2.30. The lowest BCUT2D eigenvalue weighted by atomic mass is 10.2. The molecule has 0 aliphatic rings. The Hall–Kier alpha value is -1.18. The summed E-state index contributed by atoms with van der Waals surface area (Å²) in [6, 6.07) is 15.5. The van der Waals surface area contributed by atoms with Crippen molar-refractivity contribution in [1.29, 1.82) is 0 Å². The van der Waals surface area contributed by atoms with E-state index in [0.717, 1.165) is 11.1 Å². The van der Waals surface area contributed by atoms with Crippen molar-refractivity contribution in [3.05, 3.63) is 64.7 Å². The molecule has 2 rings (SSSR count). The molecule has 0 N–H and O–H groups in total. The number of alkyl halides is 1. The fourth-order valence-corrected chi connectivity index (χ4v) is 2.01. The minimum atomic E-state index is 0.394. The number of hydrogen-bond donors (Lipinski definition) is 0. The second-order valence-corrected chi connectivity index (χ2v) is 4.31. The van der Waals surface area contributed by atoms with Crippen LogP contribution >= 0.6 is 23.2 Å². The molecule has 0 bridgehead atoms. The first-order valence-electron chi connectivity index (χ1n) is 5.31. The van der Waals surface area contributed by atoms with Crippen molar-refractivity contribution >= 4 is 23.2 Å². The molecular formula is C14H12Cl2O. The van der Waals surface area contributed by atoms with Crippen molar-refractivity contribution in [2.24, 2.45) is 0 Å². The van der Waals surface area contributed by atoms with Crippen LogP contribution in [-0.4, -0.2) is 0 Å². The van der Waals surface area contributed by atoms with Gasteiger partial charge in [-0.1, -0.05) is 54.1 Å². The minimum Gasteiger partial charge on any atom is -0.487 e. The summed E-state index contributed by atoms with van der Waals surface area (Å²) < 4.78 is 5.73. The van der Waals surface area contributed by atoms with Gasteiger partial charge < -0.3 is 4.74 Å². The van der Waals surface area contributed by atoms with E-state index in [1.54, 1.807) is 6.07 Å². The second-order valence-electron chi connectivity index (χ2n) is 3.64. The molecule has 0 aliphatic heterocycles. The fourth-order valence-electron chi connectivity index (χ4n) is 1.55. The lowest BCUT2D eigenvalue weighted by Crippen LogP contribution is -1.98. The number of para-hydroxylation sites is 1. The normalized spacial score (nSPS) is 10.2. The highest BCUT2D eigenvalue weighted by Gasteiger charge is 2.07. The molecule has 0 amide bonds. The van der Waals surface area contributed by atoms with Crippen molar-refractivity contribution in [3.63, 3.8) is 0 Å². The van der Waals surface area contributed by atoms with Crippen LogP contribution in [0.3, 0.4) is 0 Å². The first kappa shape index (κ1) is 12.3. The molecule has 0 radical (unpaired) electrons. The summed E-state index contributed by atoms with van der Waals surface area (Å²) in [7, 11) is 0. The lowest BCUT2D eigenvalue weighted by Gasteiger charge is -2.11. The standard InChI is InChI=1S/C14H12Cl2O/c15-9-12-7-4-8-13(16)14(12)17-10-11-5-2-1-3-6-11/h1-8H,9-10H2. The third-order valence-electron chi connectivity index (χ3n) is 2.42. The smallest absolute Gasteiger partial charge is 0.142 e. The number of hydrogen-bond acceptors (Lipinski definition) is 1. The van der Waals surface area contributed by atoms with Crippen LogP contribution in [-0.2, 0) is 12.5 Å². The maximum atomic E-state index is 6.09. The average molecular weight is 267 g/mol. The number of rotatable bonds is 4. The summed E-state index contributed by atoms with van der Waals surface area (Å²) in [6.45, 7) is 0.495. The van der Waals surface area contributed by atoms with E-state index in [9.17, 15) is 0 Å². The summed E-state index contributed by atoms with van der Waals surface area (Å²) in [6.07, 6.45) is 0. The summed E-state index contributed by atoms with van der Waals surface area (Å²) in [4.78, 5) is 0. The van der Waals surface area contributed by atoms with Crippen molar-refractivity contribution in [2.75, 3.05) is 0 Å². The Morgan fingerprint density at radius 2 is 1.71 bits per heavy atom. The molecule has 0 spiro atoms. The van der Waals surface area contributed by atoms with Crippen molar-refractivity contribution < 1.29 is 4.74 Å². The highest BCUT2D eigenvalue weighted by molar-refractivity contribution is 6.32. The van der Waals surface area contributed by atoms with Crippen LogP contribution in [0.2, 0.25) is 5.02 Å². The molecule has 17 heavy (non-hydrogen) atoms. The Balaban J connectivity index is 2.14. The van der Waals surface area contributed by atoms with Crippen molar-refractivity contribution in [3.8, 4) is 5.75 Å². The van der Waals surface area contributed by atoms with E-state index < -0.39 is 0 Å². The second kappa shape index (κ2) is 5.95. The van der Waals surface area contributed by atoms with E-state index in [0.29, 0.717) is 23.3 Å². The number of benzene rings is 2. The van der Waals surface area contributed by atoms with E-state index >= 15 is 0 Å². The van der Waals surface area contributed by atoms with Gasteiger partial charge >= 0.3 is 0 Å². The van der Waals surface area contributed by atoms with Crippen LogP contribution in [0, 0.1) is 0 Å². The number of halogens is 2. The Bertz CT molecular complexity index is 483. The maximum Gasteiger partial charge on any atom is 0.142 e. The molecule has 0 heterocycles. The number of ether oxygens (including phenoxy) is 1. The van der Waals surface area contributed by atoms with Gasteiger partial charge in [0.05, 0.1) is 10.9 Å². The van der Waals surface area contributed by atoms with Gasteiger partial charge in [-0.15, -0.1) is 11.6 Å². The molecule has 88 valence electrons. The Morgan fingerprint density at radius 3 is 2.41 bits per heavy atom. The van der Waals surface area contributed by atoms with Gasteiger partial charge in [-0.3, -0.25) is 0 Å². The molecule has 0 fully saturated rings. The predicted molar refractivity (Wildman–Crippen MR) is 71.8 cm³/mol. The van der Waals surface area contributed by atoms with Crippen LogP contribution in [0.4, 0.5) is 0 Å². The first-order valence-corrected chi connectivity index (χ1v) is 6.22. The van der Waals surface area contributed by atoms with Gasteiger partial charge in [0, 0.05) is 5.56 Å². The molecule has 0 saturated carbocycles. The lowest BCUT2D eigenvalue weighted by molar-refractivity contribution is 0.304. The molecule has 0 aromatic heterocycles. The molecule has 0 atom stereocenters. The quantitative estimate of drug-likeness (QED) is 0.732. The molecule has 2 aromatic rings. The van der Waals surface area contributed by atoms with Crippen LogP contribution in [0.15, 0.2) is 48.5 Å². The highest BCUT2D eigenvalue weighted by atomic mass is 35.5. The van der Waals surface area contributed by atoms with Gasteiger partial charge in [-0.25, -0.2) is 0 Å². The molecule has 0 saturated heterocycles. The topological polar surface area (TPSA) is 9.23 Å². The zero-order chi connectivity index (χ0) is 12.1. The van der Waals surface area contributed by atoms with Crippen molar-refractivity contribution in [1.82, 2.24) is 0 Å². The third-order valence-corrected chi connectivity index (χ3v) is 3.00. The first-order chi connectivity index (χ1) is 8.31. The summed E-state index contributed by atoms with van der Waals surface area (Å²) >= 11 is 11.9. The maximum absolute atomic E-state index is 6.09. The van der Waals surface area contributed by atoms with E-state index in [2.05, 4.69) is 0 Å². The van der Waals surface area contributed by atoms with Gasteiger partial charge in [0.25, 0.3) is 0 Å². The van der Waals surface area contributed by atoms with Gasteiger partial charge in [0.15, 0.2) is 0 Å². The minimum absolute atomic E-state index is 0.394. The molecule has 0 aliphatic carbocycles. The molecular weight excluding hydrogens is 255 g/mol. The Labute approximate surface area is 111 Å². The van der Waals surface area contributed by atoms with Gasteiger partial charge in [-0.2, -0.15) is 0 Å². The average Bonchev–Trinajstić information content (AvgIpc) is 2.38. The molecule has 0 unspecified atom stereocenters. The Morgan fingerprint density at radius 1 is 0.941 bits per heavy atom. The van der Waals surface area contributed by atoms with Crippen molar-refractivity contribution in [2.45, 2.75) is 12.5 Å². The van der Waals surface area contributed by atoms with Crippen LogP contribution in [0.1, 0.15) is 11.1 Å². The zero-order valence-electron chi connectivity index (χ0n) is 9.20.